The molecular weight excluding hydrogens is 335 g/mol. The van der Waals surface area contributed by atoms with Gasteiger partial charge in [0.25, 0.3) is 0 Å². The van der Waals surface area contributed by atoms with Gasteiger partial charge < -0.3 is 9.88 Å². The van der Waals surface area contributed by atoms with Gasteiger partial charge in [0.15, 0.2) is 5.69 Å². The number of aromatic nitrogens is 3. The Bertz CT molecular complexity index is 771. The molecule has 1 aliphatic rings. The minimum absolute atomic E-state index is 0.0546. The summed E-state index contributed by atoms with van der Waals surface area (Å²) in [5.41, 5.74) is -0.0717. The molecule has 2 aromatic heterocycles. The number of halogens is 3. The lowest BCUT2D eigenvalue weighted by Crippen LogP contribution is -2.36. The van der Waals surface area contributed by atoms with Crippen LogP contribution in [-0.2, 0) is 19.1 Å². The molecule has 134 valence electrons. The summed E-state index contributed by atoms with van der Waals surface area (Å²) < 4.78 is 39.7. The molecule has 1 atom stereocenters. The highest BCUT2D eigenvalue weighted by Crippen LogP contribution is 2.30. The summed E-state index contributed by atoms with van der Waals surface area (Å²) in [4.78, 5) is 19.7. The standard InChI is InChI=1S/C16H18F3N5O/c1-10-3-2-4-13(21-10)23-15(25)20-7-11-5-6-14-22-12(16(17,18)19)9-24(14)8-11/h2-4,9,11H,5-8H2,1H3,(H2,20,21,23,25)/t11-/m1/s1. The van der Waals surface area contributed by atoms with Crippen molar-refractivity contribution in [3.8, 4) is 0 Å². The Balaban J connectivity index is 1.53. The highest BCUT2D eigenvalue weighted by molar-refractivity contribution is 5.88. The number of aryl methyl sites for hydroxylation is 2. The van der Waals surface area contributed by atoms with Crippen LogP contribution in [0.25, 0.3) is 0 Å². The molecule has 0 fully saturated rings. The summed E-state index contributed by atoms with van der Waals surface area (Å²) in [7, 11) is 0. The van der Waals surface area contributed by atoms with E-state index >= 15 is 0 Å². The van der Waals surface area contributed by atoms with E-state index in [0.29, 0.717) is 37.6 Å². The second-order valence-electron chi connectivity index (χ2n) is 6.10. The number of fused-ring (bicyclic) bond motifs is 1. The van der Waals surface area contributed by atoms with Crippen LogP contribution in [0.1, 0.15) is 23.6 Å². The highest BCUT2D eigenvalue weighted by atomic mass is 19.4. The van der Waals surface area contributed by atoms with E-state index in [9.17, 15) is 18.0 Å². The van der Waals surface area contributed by atoms with Crippen molar-refractivity contribution in [3.63, 3.8) is 0 Å². The van der Waals surface area contributed by atoms with Crippen LogP contribution in [0.4, 0.5) is 23.8 Å². The maximum absolute atomic E-state index is 12.7. The average molecular weight is 353 g/mol. The van der Waals surface area contributed by atoms with Gasteiger partial charge in [-0.05, 0) is 31.4 Å². The molecule has 0 saturated carbocycles. The van der Waals surface area contributed by atoms with Crippen molar-refractivity contribution in [2.75, 3.05) is 11.9 Å². The third-order valence-corrected chi connectivity index (χ3v) is 4.06. The zero-order valence-corrected chi connectivity index (χ0v) is 13.6. The predicted octanol–water partition coefficient (Wildman–Crippen LogP) is 2.99. The van der Waals surface area contributed by atoms with Crippen molar-refractivity contribution in [2.24, 2.45) is 5.92 Å². The molecule has 2 N–H and O–H groups in total. The number of rotatable bonds is 3. The highest BCUT2D eigenvalue weighted by Gasteiger charge is 2.35. The number of hydrogen-bond donors (Lipinski definition) is 2. The molecule has 25 heavy (non-hydrogen) atoms. The van der Waals surface area contributed by atoms with E-state index in [0.717, 1.165) is 11.9 Å². The number of carbonyl (C=O) groups is 1. The molecule has 0 unspecified atom stereocenters. The summed E-state index contributed by atoms with van der Waals surface area (Å²) in [6.07, 6.45) is -2.25. The van der Waals surface area contributed by atoms with Crippen molar-refractivity contribution >= 4 is 11.8 Å². The minimum Gasteiger partial charge on any atom is -0.337 e. The van der Waals surface area contributed by atoms with Crippen LogP contribution in [0.3, 0.4) is 0 Å². The number of nitrogens with zero attached hydrogens (tertiary/aromatic N) is 3. The van der Waals surface area contributed by atoms with Crippen LogP contribution >= 0.6 is 0 Å². The molecule has 9 heteroatoms. The van der Waals surface area contributed by atoms with Crippen LogP contribution < -0.4 is 10.6 Å². The van der Waals surface area contributed by atoms with Gasteiger partial charge >= 0.3 is 12.2 Å². The van der Waals surface area contributed by atoms with Gasteiger partial charge in [-0.25, -0.2) is 14.8 Å². The number of pyridine rings is 1. The van der Waals surface area contributed by atoms with Gasteiger partial charge in [-0.3, -0.25) is 5.32 Å². The first kappa shape index (κ1) is 17.2. The molecule has 2 amide bonds. The summed E-state index contributed by atoms with van der Waals surface area (Å²) >= 11 is 0. The van der Waals surface area contributed by atoms with E-state index in [1.165, 1.54) is 4.57 Å². The van der Waals surface area contributed by atoms with Crippen LogP contribution in [-0.4, -0.2) is 27.1 Å². The van der Waals surface area contributed by atoms with Crippen molar-refractivity contribution in [1.82, 2.24) is 19.9 Å². The quantitative estimate of drug-likeness (QED) is 0.891. The zero-order chi connectivity index (χ0) is 18.0. The van der Waals surface area contributed by atoms with Gasteiger partial charge in [0.1, 0.15) is 11.6 Å². The predicted molar refractivity (Wildman–Crippen MR) is 85.0 cm³/mol. The lowest BCUT2D eigenvalue weighted by molar-refractivity contribution is -0.141. The van der Waals surface area contributed by atoms with Crippen molar-refractivity contribution < 1.29 is 18.0 Å². The minimum atomic E-state index is -4.43. The third kappa shape index (κ3) is 4.28. The van der Waals surface area contributed by atoms with Crippen LogP contribution in [0, 0.1) is 12.8 Å². The fraction of sp³-hybridized carbons (Fsp3) is 0.438. The SMILES string of the molecule is Cc1cccc(NC(=O)NC[C@H]2CCc3nc(C(F)(F)F)cn3C2)n1. The number of urea groups is 1. The van der Waals surface area contributed by atoms with Crippen LogP contribution in [0.15, 0.2) is 24.4 Å². The maximum Gasteiger partial charge on any atom is 0.434 e. The molecule has 0 saturated heterocycles. The molecule has 6 nitrogen and oxygen atoms in total. The average Bonchev–Trinajstić information content (AvgIpc) is 2.96. The monoisotopic (exact) mass is 353 g/mol. The van der Waals surface area contributed by atoms with E-state index in [1.807, 2.05) is 13.0 Å². The Morgan fingerprint density at radius 3 is 2.88 bits per heavy atom. The number of hydrogen-bond acceptors (Lipinski definition) is 3. The molecule has 0 bridgehead atoms. The number of imidazole rings is 1. The third-order valence-electron chi connectivity index (χ3n) is 4.06. The second kappa shape index (κ2) is 6.73. The van der Waals surface area contributed by atoms with E-state index < -0.39 is 11.9 Å². The first-order valence-electron chi connectivity index (χ1n) is 7.93. The molecule has 0 radical (unpaired) electrons. The fourth-order valence-electron chi connectivity index (χ4n) is 2.83. The molecular formula is C16H18F3N5O. The summed E-state index contributed by atoms with van der Waals surface area (Å²) in [6.45, 7) is 2.60. The zero-order valence-electron chi connectivity index (χ0n) is 13.6. The number of nitrogens with one attached hydrogen (secondary N) is 2. The van der Waals surface area contributed by atoms with Gasteiger partial charge in [0.2, 0.25) is 0 Å². The van der Waals surface area contributed by atoms with Gasteiger partial charge in [-0.2, -0.15) is 13.2 Å². The number of carbonyl (C=O) groups excluding carboxylic acids is 1. The van der Waals surface area contributed by atoms with E-state index in [-0.39, 0.29) is 11.9 Å². The lowest BCUT2D eigenvalue weighted by Gasteiger charge is -2.23. The first-order valence-corrected chi connectivity index (χ1v) is 7.93. The largest absolute Gasteiger partial charge is 0.434 e. The number of anilines is 1. The first-order chi connectivity index (χ1) is 11.8. The second-order valence-corrected chi connectivity index (χ2v) is 6.10. The van der Waals surface area contributed by atoms with Crippen LogP contribution in [0.5, 0.6) is 0 Å². The molecule has 2 aromatic rings. The smallest absolute Gasteiger partial charge is 0.337 e. The Hall–Kier alpha value is -2.58. The lowest BCUT2D eigenvalue weighted by atomic mass is 9.99. The topological polar surface area (TPSA) is 71.8 Å². The Kier molecular flexibility index (Phi) is 4.65. The molecule has 0 aromatic carbocycles. The van der Waals surface area contributed by atoms with Gasteiger partial charge in [-0.1, -0.05) is 6.07 Å². The van der Waals surface area contributed by atoms with E-state index in [4.69, 9.17) is 0 Å². The maximum atomic E-state index is 12.7. The molecule has 0 aliphatic carbocycles. The molecule has 3 rings (SSSR count). The molecule has 1 aliphatic heterocycles. The van der Waals surface area contributed by atoms with Crippen molar-refractivity contribution in [2.45, 2.75) is 32.5 Å². The van der Waals surface area contributed by atoms with E-state index in [1.54, 1.807) is 12.1 Å². The Morgan fingerprint density at radius 2 is 2.16 bits per heavy atom. The van der Waals surface area contributed by atoms with Gasteiger partial charge in [0, 0.05) is 31.4 Å². The Labute approximate surface area is 142 Å². The van der Waals surface area contributed by atoms with Crippen molar-refractivity contribution in [1.29, 1.82) is 0 Å². The number of amides is 2. The molecule has 3 heterocycles. The molecule has 0 spiro atoms. The Morgan fingerprint density at radius 1 is 1.36 bits per heavy atom. The summed E-state index contributed by atoms with van der Waals surface area (Å²) in [6, 6.07) is 4.91. The van der Waals surface area contributed by atoms with Gasteiger partial charge in [0.05, 0.1) is 0 Å². The number of alkyl halides is 3. The summed E-state index contributed by atoms with van der Waals surface area (Å²) in [5, 5.41) is 5.38. The van der Waals surface area contributed by atoms with Gasteiger partial charge in [-0.15, -0.1) is 0 Å². The summed E-state index contributed by atoms with van der Waals surface area (Å²) in [5.74, 6) is 0.948. The van der Waals surface area contributed by atoms with Crippen LogP contribution in [0.2, 0.25) is 0 Å². The normalized spacial score (nSPS) is 17.0. The van der Waals surface area contributed by atoms with E-state index in [2.05, 4.69) is 20.6 Å². The van der Waals surface area contributed by atoms with Crippen molar-refractivity contribution in [3.05, 3.63) is 41.6 Å². The fourth-order valence-corrected chi connectivity index (χ4v) is 2.83.